The van der Waals surface area contributed by atoms with Crippen molar-refractivity contribution in [2.75, 3.05) is 14.1 Å². The Hall–Kier alpha value is -3.16. The van der Waals surface area contributed by atoms with E-state index in [0.29, 0.717) is 42.2 Å². The van der Waals surface area contributed by atoms with Gasteiger partial charge in [0.25, 0.3) is 5.91 Å². The fourth-order valence-corrected chi connectivity index (χ4v) is 5.30. The van der Waals surface area contributed by atoms with Crippen LogP contribution in [0.2, 0.25) is 5.02 Å². The number of esters is 1. The van der Waals surface area contributed by atoms with Crippen molar-refractivity contribution in [1.82, 2.24) is 4.90 Å². The summed E-state index contributed by atoms with van der Waals surface area (Å²) in [5.74, 6) is -0.582. The van der Waals surface area contributed by atoms with Crippen LogP contribution in [0.4, 0.5) is 4.39 Å². The van der Waals surface area contributed by atoms with Gasteiger partial charge >= 0.3 is 5.97 Å². The minimum Gasteiger partial charge on any atom is -0.460 e. The topological polar surface area (TPSA) is 85.8 Å². The van der Waals surface area contributed by atoms with E-state index in [2.05, 4.69) is 4.90 Å². The van der Waals surface area contributed by atoms with E-state index in [-0.39, 0.29) is 23.3 Å². The molecule has 1 unspecified atom stereocenters. The summed E-state index contributed by atoms with van der Waals surface area (Å²) in [5.41, 5.74) is 6.25. The standard InChI is InChI=1S/C28H30ClFN2O4/c1-17-23(16-24(35-17)18-7-9-21(29)10-8-18)26(33)36-28(27(31)34)13-11-19(12-14-28)25(32(2)3)20-5-4-6-22(30)15-20/h4-10,15-16,19,25H,11-14H2,1-3H3,(H2,31,34). The Balaban J connectivity index is 1.51. The van der Waals surface area contributed by atoms with Gasteiger partial charge in [-0.15, -0.1) is 0 Å². The van der Waals surface area contributed by atoms with Crippen LogP contribution in [-0.2, 0) is 9.53 Å². The van der Waals surface area contributed by atoms with Crippen molar-refractivity contribution in [3.8, 4) is 11.3 Å². The monoisotopic (exact) mass is 512 g/mol. The lowest BCUT2D eigenvalue weighted by atomic mass is 9.73. The first kappa shape index (κ1) is 25.9. The molecule has 8 heteroatoms. The van der Waals surface area contributed by atoms with Gasteiger partial charge in [-0.05, 0) is 101 Å². The summed E-state index contributed by atoms with van der Waals surface area (Å²) < 4.78 is 25.5. The van der Waals surface area contributed by atoms with Gasteiger partial charge in [0.1, 0.15) is 22.9 Å². The number of carbonyl (C=O) groups excluding carboxylic acids is 2. The van der Waals surface area contributed by atoms with Crippen LogP contribution in [0.25, 0.3) is 11.3 Å². The molecule has 1 fully saturated rings. The molecule has 3 aromatic rings. The van der Waals surface area contributed by atoms with Crippen LogP contribution in [-0.4, -0.2) is 36.5 Å². The van der Waals surface area contributed by atoms with E-state index in [0.717, 1.165) is 11.1 Å². The van der Waals surface area contributed by atoms with Crippen molar-refractivity contribution in [3.05, 3.63) is 82.3 Å². The van der Waals surface area contributed by atoms with Crippen molar-refractivity contribution >= 4 is 23.5 Å². The summed E-state index contributed by atoms with van der Waals surface area (Å²) in [6.07, 6.45) is 1.77. The molecule has 0 aliphatic heterocycles. The third kappa shape index (κ3) is 5.32. The van der Waals surface area contributed by atoms with E-state index in [1.807, 2.05) is 20.2 Å². The second-order valence-corrected chi connectivity index (χ2v) is 10.1. The fourth-order valence-electron chi connectivity index (χ4n) is 5.18. The highest BCUT2D eigenvalue weighted by Crippen LogP contribution is 2.43. The van der Waals surface area contributed by atoms with Gasteiger partial charge in [-0.2, -0.15) is 0 Å². The lowest BCUT2D eigenvalue weighted by Gasteiger charge is -2.41. The number of ether oxygens (including phenoxy) is 1. The number of benzene rings is 2. The van der Waals surface area contributed by atoms with Crippen LogP contribution in [0.15, 0.2) is 59.0 Å². The number of halogens is 2. The van der Waals surface area contributed by atoms with Crippen LogP contribution in [0.3, 0.4) is 0 Å². The van der Waals surface area contributed by atoms with Gasteiger partial charge < -0.3 is 19.8 Å². The van der Waals surface area contributed by atoms with E-state index in [4.69, 9.17) is 26.5 Å². The maximum absolute atomic E-state index is 13.9. The second kappa shape index (κ2) is 10.4. The Bertz CT molecular complexity index is 1250. The Labute approximate surface area is 215 Å². The number of nitrogens with zero attached hydrogens (tertiary/aromatic N) is 1. The van der Waals surface area contributed by atoms with Crippen LogP contribution in [0, 0.1) is 18.7 Å². The van der Waals surface area contributed by atoms with Crippen LogP contribution in [0.5, 0.6) is 0 Å². The number of carbonyl (C=O) groups is 2. The van der Waals surface area contributed by atoms with Crippen molar-refractivity contribution in [2.24, 2.45) is 11.7 Å². The molecule has 1 atom stereocenters. The van der Waals surface area contributed by atoms with Gasteiger partial charge in [-0.1, -0.05) is 23.7 Å². The first-order valence-electron chi connectivity index (χ1n) is 11.9. The molecule has 0 bridgehead atoms. The van der Waals surface area contributed by atoms with Crippen molar-refractivity contribution in [2.45, 2.75) is 44.2 Å². The Morgan fingerprint density at radius 3 is 2.39 bits per heavy atom. The highest BCUT2D eigenvalue weighted by Gasteiger charge is 2.46. The van der Waals surface area contributed by atoms with Gasteiger partial charge in [0.15, 0.2) is 5.60 Å². The minimum absolute atomic E-state index is 0.0414. The smallest absolute Gasteiger partial charge is 0.342 e. The van der Waals surface area contributed by atoms with E-state index < -0.39 is 17.5 Å². The molecule has 36 heavy (non-hydrogen) atoms. The summed E-state index contributed by atoms with van der Waals surface area (Å²) in [6.45, 7) is 1.67. The maximum Gasteiger partial charge on any atom is 0.342 e. The third-order valence-corrected chi connectivity index (χ3v) is 7.29. The van der Waals surface area contributed by atoms with Crippen LogP contribution in [0.1, 0.15) is 53.4 Å². The van der Waals surface area contributed by atoms with Gasteiger partial charge in [0, 0.05) is 16.6 Å². The van der Waals surface area contributed by atoms with Gasteiger partial charge in [-0.3, -0.25) is 4.79 Å². The lowest BCUT2D eigenvalue weighted by molar-refractivity contribution is -0.142. The number of primary amides is 1. The molecule has 1 aromatic heterocycles. The molecule has 2 aromatic carbocycles. The number of nitrogens with two attached hydrogens (primary N) is 1. The predicted octanol–water partition coefficient (Wildman–Crippen LogP) is 5.92. The molecular formula is C28H30ClFN2O4. The number of furan rings is 1. The molecule has 1 heterocycles. The normalized spacial score (nSPS) is 20.8. The summed E-state index contributed by atoms with van der Waals surface area (Å²) in [7, 11) is 3.90. The molecule has 1 aliphatic carbocycles. The quantitative estimate of drug-likeness (QED) is 0.397. The van der Waals surface area contributed by atoms with Gasteiger partial charge in [0.2, 0.25) is 0 Å². The molecule has 1 aliphatic rings. The Morgan fingerprint density at radius 1 is 1.14 bits per heavy atom. The zero-order valence-corrected chi connectivity index (χ0v) is 21.3. The second-order valence-electron chi connectivity index (χ2n) is 9.64. The Morgan fingerprint density at radius 2 is 1.81 bits per heavy atom. The lowest BCUT2D eigenvalue weighted by Crippen LogP contribution is -2.51. The molecule has 0 spiro atoms. The van der Waals surface area contributed by atoms with Crippen LogP contribution < -0.4 is 5.73 Å². The first-order chi connectivity index (χ1) is 17.1. The van der Waals surface area contributed by atoms with Gasteiger partial charge in [0.05, 0.1) is 0 Å². The average Bonchev–Trinajstić information content (AvgIpc) is 3.22. The largest absolute Gasteiger partial charge is 0.460 e. The number of aryl methyl sites for hydroxylation is 1. The SMILES string of the molecule is Cc1oc(-c2ccc(Cl)cc2)cc1C(=O)OC1(C(N)=O)CCC(C(c2cccc(F)c2)N(C)C)CC1. The van der Waals surface area contributed by atoms with E-state index >= 15 is 0 Å². The molecule has 2 N–H and O–H groups in total. The number of hydrogen-bond donors (Lipinski definition) is 1. The number of amides is 1. The maximum atomic E-state index is 13.9. The van der Waals surface area contributed by atoms with E-state index in [1.165, 1.54) is 6.07 Å². The summed E-state index contributed by atoms with van der Waals surface area (Å²) in [6, 6.07) is 15.2. The van der Waals surface area contributed by atoms with Crippen molar-refractivity contribution < 1.29 is 23.1 Å². The highest BCUT2D eigenvalue weighted by molar-refractivity contribution is 6.30. The summed E-state index contributed by atoms with van der Waals surface area (Å²) in [4.78, 5) is 27.8. The molecule has 0 saturated heterocycles. The molecule has 190 valence electrons. The average molecular weight is 513 g/mol. The number of hydrogen-bond acceptors (Lipinski definition) is 5. The van der Waals surface area contributed by atoms with Crippen molar-refractivity contribution in [3.63, 3.8) is 0 Å². The van der Waals surface area contributed by atoms with Gasteiger partial charge in [-0.25, -0.2) is 9.18 Å². The van der Waals surface area contributed by atoms with E-state index in [1.54, 1.807) is 49.4 Å². The molecule has 0 radical (unpaired) electrons. The summed E-state index contributed by atoms with van der Waals surface area (Å²) in [5, 5.41) is 0.592. The fraction of sp³-hybridized carbons (Fsp3) is 0.357. The minimum atomic E-state index is -1.41. The zero-order chi connectivity index (χ0) is 26.0. The Kier molecular flexibility index (Phi) is 7.52. The molecular weight excluding hydrogens is 483 g/mol. The first-order valence-corrected chi connectivity index (χ1v) is 12.3. The van der Waals surface area contributed by atoms with Crippen LogP contribution >= 0.6 is 11.6 Å². The third-order valence-electron chi connectivity index (χ3n) is 7.03. The summed E-state index contributed by atoms with van der Waals surface area (Å²) >= 11 is 5.96. The zero-order valence-electron chi connectivity index (χ0n) is 20.6. The predicted molar refractivity (Wildman–Crippen MR) is 136 cm³/mol. The molecule has 1 amide bonds. The highest BCUT2D eigenvalue weighted by atomic mass is 35.5. The molecule has 1 saturated carbocycles. The van der Waals surface area contributed by atoms with Crippen molar-refractivity contribution in [1.29, 1.82) is 0 Å². The number of rotatable bonds is 7. The molecule has 6 nitrogen and oxygen atoms in total. The molecule has 4 rings (SSSR count). The van der Waals surface area contributed by atoms with E-state index in [9.17, 15) is 14.0 Å².